The molecule has 0 aliphatic heterocycles. The minimum atomic E-state index is -1.14. The van der Waals surface area contributed by atoms with Crippen LogP contribution in [-0.4, -0.2) is 21.1 Å². The Bertz CT molecular complexity index is 1040. The van der Waals surface area contributed by atoms with Gasteiger partial charge in [-0.15, -0.1) is 0 Å². The van der Waals surface area contributed by atoms with Gasteiger partial charge in [-0.2, -0.15) is 0 Å². The van der Waals surface area contributed by atoms with Gasteiger partial charge in [0.25, 0.3) is 5.43 Å². The average molecular weight is 348 g/mol. The van der Waals surface area contributed by atoms with E-state index in [0.717, 1.165) is 17.2 Å². The van der Waals surface area contributed by atoms with Gasteiger partial charge in [-0.25, -0.2) is 0 Å². The van der Waals surface area contributed by atoms with Crippen molar-refractivity contribution in [2.75, 3.05) is 0 Å². The summed E-state index contributed by atoms with van der Waals surface area (Å²) in [5.41, 5.74) is 1.01. The molecule has 0 fully saturated rings. The first-order valence-corrected chi connectivity index (χ1v) is 7.89. The maximum absolute atomic E-state index is 12.8. The number of rotatable bonds is 3. The summed E-state index contributed by atoms with van der Waals surface area (Å²) in [7, 11) is 0. The molecule has 0 atom stereocenters. The van der Waals surface area contributed by atoms with E-state index in [1.54, 1.807) is 24.3 Å². The largest absolute Gasteiger partial charge is 0.504 e. The van der Waals surface area contributed by atoms with E-state index < -0.39 is 28.5 Å². The lowest BCUT2D eigenvalue weighted by atomic mass is 9.97. The van der Waals surface area contributed by atoms with E-state index in [1.165, 1.54) is 6.92 Å². The van der Waals surface area contributed by atoms with Crippen molar-refractivity contribution in [3.05, 3.63) is 87.6 Å². The summed E-state index contributed by atoms with van der Waals surface area (Å²) in [6.07, 6.45) is 0. The molecule has 0 aliphatic carbocycles. The summed E-state index contributed by atoms with van der Waals surface area (Å²) in [6.45, 7) is 1.46. The summed E-state index contributed by atoms with van der Waals surface area (Å²) in [6, 6.07) is 17.4. The fourth-order valence-electron chi connectivity index (χ4n) is 2.75. The van der Waals surface area contributed by atoms with Gasteiger partial charge in [-0.1, -0.05) is 54.6 Å². The van der Waals surface area contributed by atoms with Gasteiger partial charge < -0.3 is 15.3 Å². The number of benzene rings is 2. The van der Waals surface area contributed by atoms with Crippen LogP contribution < -0.4 is 5.43 Å². The summed E-state index contributed by atoms with van der Waals surface area (Å²) in [5.74, 6) is -3.21. The third-order valence-corrected chi connectivity index (χ3v) is 4.14. The number of hydrogen-bond acceptors (Lipinski definition) is 5. The van der Waals surface area contributed by atoms with Gasteiger partial charge in [0, 0.05) is 5.56 Å². The first-order valence-electron chi connectivity index (χ1n) is 7.89. The first-order chi connectivity index (χ1) is 12.4. The lowest BCUT2D eigenvalue weighted by molar-refractivity contribution is 0.103. The zero-order valence-electron chi connectivity index (χ0n) is 13.9. The average Bonchev–Trinajstić information content (AvgIpc) is 2.73. The highest BCUT2D eigenvalue weighted by molar-refractivity contribution is 6.12. The Kier molecular flexibility index (Phi) is 4.45. The maximum Gasteiger partial charge on any atom is 0.265 e. The van der Waals surface area contributed by atoms with E-state index in [2.05, 4.69) is 0 Å². The van der Waals surface area contributed by atoms with Gasteiger partial charge in [0.15, 0.2) is 17.3 Å². The number of hydrogen-bond donors (Lipinski definition) is 3. The molecule has 3 N–H and O–H groups in total. The molecule has 0 unspecified atom stereocenters. The molecule has 0 heterocycles. The number of aromatic hydroxyl groups is 3. The molecule has 0 aliphatic rings. The molecule has 3 aromatic carbocycles. The number of aryl methyl sites for hydroxylation is 1. The normalized spacial score (nSPS) is 10.5. The number of ketones is 1. The third kappa shape index (κ3) is 3.02. The highest BCUT2D eigenvalue weighted by Crippen LogP contribution is 2.31. The molecule has 0 aromatic heterocycles. The van der Waals surface area contributed by atoms with Crippen molar-refractivity contribution in [1.82, 2.24) is 0 Å². The molecule has 5 nitrogen and oxygen atoms in total. The number of carbonyl (C=O) groups excluding carboxylic acids is 1. The standard InChI is InChI=1S/C21H16O5/c1-12-11-16(22)19(24)21(26)20(25)17(12)18(23)15-9-7-14(8-10-15)13-5-3-2-4-6-13/h2-11H,1H3,(H3,22,24,25,26). The minimum absolute atomic E-state index is 0.175. The van der Waals surface area contributed by atoms with E-state index in [0.29, 0.717) is 0 Å². The molecule has 0 saturated carbocycles. The second kappa shape index (κ2) is 6.72. The van der Waals surface area contributed by atoms with Crippen LogP contribution >= 0.6 is 0 Å². The van der Waals surface area contributed by atoms with Crippen LogP contribution in [-0.2, 0) is 0 Å². The Labute approximate surface area is 149 Å². The fraction of sp³-hybridized carbons (Fsp3) is 0.0476. The maximum atomic E-state index is 12.8. The molecule has 0 bridgehead atoms. The van der Waals surface area contributed by atoms with Crippen molar-refractivity contribution in [2.24, 2.45) is 0 Å². The summed E-state index contributed by atoms with van der Waals surface area (Å²) in [4.78, 5) is 24.5. The Morgan fingerprint density at radius 1 is 0.808 bits per heavy atom. The SMILES string of the molecule is Cc1cc(O)c(=O)c(O)c(O)c1C(=O)c1ccc(-c2ccccc2)cc1. The van der Waals surface area contributed by atoms with Crippen molar-refractivity contribution in [2.45, 2.75) is 6.92 Å². The monoisotopic (exact) mass is 348 g/mol. The van der Waals surface area contributed by atoms with Crippen molar-refractivity contribution in [1.29, 1.82) is 0 Å². The first kappa shape index (κ1) is 17.2. The van der Waals surface area contributed by atoms with Crippen LogP contribution in [0, 0.1) is 6.92 Å². The molecule has 3 aromatic rings. The lowest BCUT2D eigenvalue weighted by Crippen LogP contribution is -2.03. The van der Waals surface area contributed by atoms with Crippen molar-refractivity contribution in [3.63, 3.8) is 0 Å². The van der Waals surface area contributed by atoms with Crippen molar-refractivity contribution < 1.29 is 20.1 Å². The fourth-order valence-corrected chi connectivity index (χ4v) is 2.75. The van der Waals surface area contributed by atoms with Crippen LogP contribution in [0.15, 0.2) is 65.5 Å². The van der Waals surface area contributed by atoms with Gasteiger partial charge in [-0.3, -0.25) is 9.59 Å². The second-order valence-corrected chi connectivity index (χ2v) is 5.89. The van der Waals surface area contributed by atoms with Gasteiger partial charge >= 0.3 is 0 Å². The van der Waals surface area contributed by atoms with Crippen LogP contribution in [0.2, 0.25) is 0 Å². The van der Waals surface area contributed by atoms with E-state index >= 15 is 0 Å². The lowest BCUT2D eigenvalue weighted by Gasteiger charge is -2.07. The Hall–Kier alpha value is -3.60. The van der Waals surface area contributed by atoms with Crippen LogP contribution in [0.4, 0.5) is 0 Å². The zero-order chi connectivity index (χ0) is 18.8. The second-order valence-electron chi connectivity index (χ2n) is 5.89. The quantitative estimate of drug-likeness (QED) is 0.631. The van der Waals surface area contributed by atoms with Crippen LogP contribution in [0.1, 0.15) is 21.5 Å². The van der Waals surface area contributed by atoms with E-state index in [-0.39, 0.29) is 16.7 Å². The molecule has 0 saturated heterocycles. The van der Waals surface area contributed by atoms with Gasteiger partial charge in [0.1, 0.15) is 0 Å². The van der Waals surface area contributed by atoms with Gasteiger partial charge in [-0.05, 0) is 29.7 Å². The Morgan fingerprint density at radius 2 is 1.38 bits per heavy atom. The Morgan fingerprint density at radius 3 is 2.00 bits per heavy atom. The predicted octanol–water partition coefficient (Wildman–Crippen LogP) is 3.37. The molecule has 130 valence electrons. The summed E-state index contributed by atoms with van der Waals surface area (Å²) in [5, 5.41) is 29.5. The molecule has 0 amide bonds. The van der Waals surface area contributed by atoms with Crippen LogP contribution in [0.5, 0.6) is 17.2 Å². The van der Waals surface area contributed by atoms with Crippen LogP contribution in [0.3, 0.4) is 0 Å². The smallest absolute Gasteiger partial charge is 0.265 e. The molecular formula is C21H16O5. The van der Waals surface area contributed by atoms with Crippen LogP contribution in [0.25, 0.3) is 11.1 Å². The van der Waals surface area contributed by atoms with Crippen molar-refractivity contribution in [3.8, 4) is 28.4 Å². The minimum Gasteiger partial charge on any atom is -0.504 e. The zero-order valence-corrected chi connectivity index (χ0v) is 13.9. The number of carbonyl (C=O) groups is 1. The van der Waals surface area contributed by atoms with E-state index in [9.17, 15) is 24.9 Å². The Balaban J connectivity index is 2.07. The topological polar surface area (TPSA) is 94.8 Å². The highest BCUT2D eigenvalue weighted by Gasteiger charge is 2.21. The summed E-state index contributed by atoms with van der Waals surface area (Å²) < 4.78 is 0. The van der Waals surface area contributed by atoms with Crippen molar-refractivity contribution >= 4 is 5.78 Å². The van der Waals surface area contributed by atoms with Gasteiger partial charge in [0.05, 0.1) is 5.56 Å². The molecular weight excluding hydrogens is 332 g/mol. The van der Waals surface area contributed by atoms with E-state index in [4.69, 9.17) is 0 Å². The molecule has 0 spiro atoms. The summed E-state index contributed by atoms with van der Waals surface area (Å²) >= 11 is 0. The molecule has 0 radical (unpaired) electrons. The molecule has 26 heavy (non-hydrogen) atoms. The molecule has 3 rings (SSSR count). The molecule has 5 heteroatoms. The highest BCUT2D eigenvalue weighted by atomic mass is 16.3. The third-order valence-electron chi connectivity index (χ3n) is 4.14. The van der Waals surface area contributed by atoms with Gasteiger partial charge in [0.2, 0.25) is 5.75 Å². The van der Waals surface area contributed by atoms with E-state index in [1.807, 2.05) is 30.3 Å². The predicted molar refractivity (Wildman–Crippen MR) is 97.8 cm³/mol.